The number of halogens is 1. The van der Waals surface area contributed by atoms with E-state index in [4.69, 9.17) is 0 Å². The number of hydrogen-bond acceptors (Lipinski definition) is 9. The van der Waals surface area contributed by atoms with Gasteiger partial charge in [0.2, 0.25) is 0 Å². The second kappa shape index (κ2) is 15.7. The number of thiazole rings is 1. The first-order valence-electron chi connectivity index (χ1n) is 19.1. The Morgan fingerprint density at radius 3 is 2.33 bits per heavy atom. The molecule has 2 aliphatic heterocycles. The van der Waals surface area contributed by atoms with Crippen molar-refractivity contribution in [1.82, 2.24) is 39.1 Å². The average molecular weight is 751 g/mol. The maximum absolute atomic E-state index is 14.6. The van der Waals surface area contributed by atoms with E-state index in [0.29, 0.717) is 43.1 Å². The van der Waals surface area contributed by atoms with Gasteiger partial charge in [-0.05, 0) is 100 Å². The quantitative estimate of drug-likeness (QED) is 0.230. The van der Waals surface area contributed by atoms with Crippen molar-refractivity contribution in [3.8, 4) is 16.8 Å². The van der Waals surface area contributed by atoms with E-state index in [0.717, 1.165) is 61.1 Å². The molecule has 0 bridgehead atoms. The molecule has 8 rings (SSSR count). The summed E-state index contributed by atoms with van der Waals surface area (Å²) >= 11 is 1.42. The Bertz CT molecular complexity index is 2250. The number of pyridine rings is 1. The summed E-state index contributed by atoms with van der Waals surface area (Å²) < 4.78 is 17.3. The molecule has 1 saturated carbocycles. The van der Waals surface area contributed by atoms with Gasteiger partial charge < -0.3 is 10.2 Å². The minimum Gasteiger partial charge on any atom is -0.348 e. The number of nitrogens with one attached hydrogen (secondary N) is 1. The van der Waals surface area contributed by atoms with Gasteiger partial charge in [-0.1, -0.05) is 36.4 Å². The second-order valence-electron chi connectivity index (χ2n) is 15.1. The first-order valence-corrected chi connectivity index (χ1v) is 20.0. The number of carbonyl (C=O) groups is 1. The smallest absolute Gasteiger partial charge is 0.337 e. The summed E-state index contributed by atoms with van der Waals surface area (Å²) in [6.45, 7) is 9.65. The predicted octanol–water partition coefficient (Wildman–Crippen LogP) is 5.24. The van der Waals surface area contributed by atoms with Crippen molar-refractivity contribution in [3.05, 3.63) is 109 Å². The summed E-state index contributed by atoms with van der Waals surface area (Å²) in [6.07, 6.45) is 5.65. The number of fused-ring (bicyclic) bond motifs is 1. The summed E-state index contributed by atoms with van der Waals surface area (Å²) in [5.74, 6) is -0.866. The molecule has 54 heavy (non-hydrogen) atoms. The standard InChI is InChI=1S/C41H47FN8O3S/c1-27-44-37(26-54-27)39(51)45-32-10-12-34(13-11-32)50-40(52)36-23-31(42)24-43-38(36)49(41(50)53)35-5-3-4-30(22-35)29-8-6-28(7-9-29)25-47-16-14-33(15-17-47)48-20-18-46(2)19-21-48/h3-9,22-24,26,32-34H,10-21,25H2,1-2H3,(H,45,51). The number of likely N-dealkylation sites (N-methyl/N-ethyl adjacent to an activating group) is 1. The number of aryl methyl sites for hydroxylation is 1. The van der Waals surface area contributed by atoms with Gasteiger partial charge in [-0.3, -0.25) is 24.0 Å². The molecule has 0 unspecified atom stereocenters. The molecule has 2 aromatic carbocycles. The third kappa shape index (κ3) is 7.68. The van der Waals surface area contributed by atoms with Gasteiger partial charge in [-0.15, -0.1) is 11.3 Å². The zero-order valence-corrected chi connectivity index (χ0v) is 31.7. The third-order valence-corrected chi connectivity index (χ3v) is 12.3. The minimum absolute atomic E-state index is 0.0475. The highest BCUT2D eigenvalue weighted by molar-refractivity contribution is 7.09. The number of amides is 1. The Morgan fingerprint density at radius 1 is 0.889 bits per heavy atom. The molecule has 282 valence electrons. The van der Waals surface area contributed by atoms with E-state index >= 15 is 0 Å². The molecular formula is C41H47FN8O3S. The van der Waals surface area contributed by atoms with Gasteiger partial charge in [-0.25, -0.2) is 23.7 Å². The van der Waals surface area contributed by atoms with E-state index in [-0.39, 0.29) is 23.0 Å². The molecule has 1 aliphatic carbocycles. The van der Waals surface area contributed by atoms with Gasteiger partial charge in [0.25, 0.3) is 11.5 Å². The Balaban J connectivity index is 0.992. The number of piperazine rings is 1. The fourth-order valence-electron chi connectivity index (χ4n) is 8.46. The number of benzene rings is 2. The highest BCUT2D eigenvalue weighted by atomic mass is 32.1. The van der Waals surface area contributed by atoms with Crippen LogP contribution in [0.2, 0.25) is 0 Å². The SMILES string of the molecule is Cc1nc(C(=O)NC2CCC(n3c(=O)c4cc(F)cnc4n(-c4cccc(-c5ccc(CN6CCC(N7CCN(C)CC7)CC6)cc5)c4)c3=O)CC2)cs1. The van der Waals surface area contributed by atoms with Crippen molar-refractivity contribution < 1.29 is 9.18 Å². The average Bonchev–Trinajstić information content (AvgIpc) is 3.63. The summed E-state index contributed by atoms with van der Waals surface area (Å²) in [4.78, 5) is 57.1. The first-order chi connectivity index (χ1) is 26.2. The molecule has 13 heteroatoms. The number of piperidine rings is 1. The molecule has 11 nitrogen and oxygen atoms in total. The molecule has 1 amide bonds. The normalized spacial score (nSPS) is 20.7. The topological polar surface area (TPSA) is 109 Å². The van der Waals surface area contributed by atoms with Crippen LogP contribution >= 0.6 is 11.3 Å². The fourth-order valence-corrected chi connectivity index (χ4v) is 9.05. The number of rotatable bonds is 8. The lowest BCUT2D eigenvalue weighted by molar-refractivity contribution is 0.0658. The highest BCUT2D eigenvalue weighted by Crippen LogP contribution is 2.29. The molecule has 0 atom stereocenters. The van der Waals surface area contributed by atoms with Crippen LogP contribution in [0.1, 0.15) is 65.6 Å². The molecule has 2 saturated heterocycles. The molecule has 3 aromatic heterocycles. The summed E-state index contributed by atoms with van der Waals surface area (Å²) in [6, 6.07) is 17.6. The van der Waals surface area contributed by atoms with Gasteiger partial charge >= 0.3 is 5.69 Å². The number of hydrogen-bond donors (Lipinski definition) is 1. The van der Waals surface area contributed by atoms with Crippen LogP contribution in [0, 0.1) is 12.7 Å². The van der Waals surface area contributed by atoms with Crippen molar-refractivity contribution in [1.29, 1.82) is 0 Å². The van der Waals surface area contributed by atoms with E-state index in [2.05, 4.69) is 61.3 Å². The maximum Gasteiger partial charge on any atom is 0.337 e. The second-order valence-corrected chi connectivity index (χ2v) is 16.2. The van der Waals surface area contributed by atoms with Gasteiger partial charge in [0.05, 0.1) is 22.3 Å². The van der Waals surface area contributed by atoms with E-state index in [1.807, 2.05) is 31.2 Å². The number of nitrogens with zero attached hydrogens (tertiary/aromatic N) is 7. The predicted molar refractivity (Wildman–Crippen MR) is 210 cm³/mol. The largest absolute Gasteiger partial charge is 0.348 e. The first kappa shape index (κ1) is 36.4. The molecule has 0 spiro atoms. The number of carbonyl (C=O) groups excluding carboxylic acids is 1. The van der Waals surface area contributed by atoms with Crippen LogP contribution in [0.25, 0.3) is 27.8 Å². The van der Waals surface area contributed by atoms with E-state index in [9.17, 15) is 18.8 Å². The third-order valence-electron chi connectivity index (χ3n) is 11.5. The number of likely N-dealkylation sites (tertiary alicyclic amines) is 1. The lowest BCUT2D eigenvalue weighted by Crippen LogP contribution is -2.52. The van der Waals surface area contributed by atoms with Crippen molar-refractivity contribution >= 4 is 28.3 Å². The Morgan fingerprint density at radius 2 is 1.63 bits per heavy atom. The van der Waals surface area contributed by atoms with Gasteiger partial charge in [0, 0.05) is 56.2 Å². The van der Waals surface area contributed by atoms with Gasteiger partial charge in [0.1, 0.15) is 11.5 Å². The Hall–Kier alpha value is -4.56. The summed E-state index contributed by atoms with van der Waals surface area (Å²) in [5.41, 5.74) is 3.17. The molecular weight excluding hydrogens is 704 g/mol. The summed E-state index contributed by atoms with van der Waals surface area (Å²) in [5, 5.41) is 5.66. The van der Waals surface area contributed by atoms with Gasteiger partial charge in [-0.2, -0.15) is 0 Å². The van der Waals surface area contributed by atoms with Crippen molar-refractivity contribution in [3.63, 3.8) is 0 Å². The van der Waals surface area contributed by atoms with Crippen molar-refractivity contribution in [2.45, 2.75) is 70.1 Å². The van der Waals surface area contributed by atoms with Gasteiger partial charge in [0.15, 0.2) is 5.65 Å². The van der Waals surface area contributed by atoms with Crippen LogP contribution in [-0.4, -0.2) is 98.1 Å². The fraction of sp³-hybridized carbons (Fsp3) is 0.439. The van der Waals surface area contributed by atoms with E-state index in [1.54, 1.807) is 5.38 Å². The zero-order chi connectivity index (χ0) is 37.3. The molecule has 3 aliphatic rings. The van der Waals surface area contributed by atoms with Crippen LogP contribution in [0.3, 0.4) is 0 Å². The zero-order valence-electron chi connectivity index (χ0n) is 30.9. The Kier molecular flexibility index (Phi) is 10.6. The summed E-state index contributed by atoms with van der Waals surface area (Å²) in [7, 11) is 2.21. The monoisotopic (exact) mass is 750 g/mol. The van der Waals surface area contributed by atoms with Crippen LogP contribution in [0.4, 0.5) is 4.39 Å². The molecule has 3 fully saturated rings. The van der Waals surface area contributed by atoms with E-state index in [1.165, 1.54) is 52.0 Å². The van der Waals surface area contributed by atoms with Crippen LogP contribution in [0.5, 0.6) is 0 Å². The Labute approximate surface area is 318 Å². The maximum atomic E-state index is 14.6. The highest BCUT2D eigenvalue weighted by Gasteiger charge is 2.29. The van der Waals surface area contributed by atoms with Crippen molar-refractivity contribution in [2.75, 3.05) is 46.3 Å². The lowest BCUT2D eigenvalue weighted by Gasteiger charge is -2.42. The van der Waals surface area contributed by atoms with Crippen LogP contribution in [0.15, 0.2) is 75.8 Å². The lowest BCUT2D eigenvalue weighted by atomic mass is 9.90. The molecule has 0 radical (unpaired) electrons. The van der Waals surface area contributed by atoms with E-state index < -0.39 is 23.1 Å². The van der Waals surface area contributed by atoms with Crippen LogP contribution < -0.4 is 16.6 Å². The molecule has 5 heterocycles. The van der Waals surface area contributed by atoms with Crippen molar-refractivity contribution in [2.24, 2.45) is 0 Å². The van der Waals surface area contributed by atoms with Crippen LogP contribution in [-0.2, 0) is 6.54 Å². The minimum atomic E-state index is -0.645. The number of aromatic nitrogens is 4. The molecule has 5 aromatic rings. The molecule has 1 N–H and O–H groups in total.